The standard InChI is InChI=1S/C16H25N3O/c1-12(2)18(4)16(20)14-8-10-19(11-9-14)15-7-5-6-13(3)17-15/h5-7,12,14H,8-11H2,1-4H3. The zero-order chi connectivity index (χ0) is 14.7. The van der Waals surface area contributed by atoms with Crippen molar-refractivity contribution in [3.8, 4) is 0 Å². The van der Waals surface area contributed by atoms with Crippen LogP contribution in [0.2, 0.25) is 0 Å². The van der Waals surface area contributed by atoms with Crippen LogP contribution in [-0.4, -0.2) is 42.0 Å². The van der Waals surface area contributed by atoms with Gasteiger partial charge in [0.15, 0.2) is 0 Å². The van der Waals surface area contributed by atoms with Crippen molar-refractivity contribution >= 4 is 11.7 Å². The van der Waals surface area contributed by atoms with Gasteiger partial charge in [-0.2, -0.15) is 0 Å². The molecule has 2 rings (SSSR count). The number of nitrogens with zero attached hydrogens (tertiary/aromatic N) is 3. The maximum absolute atomic E-state index is 12.3. The molecular weight excluding hydrogens is 250 g/mol. The highest BCUT2D eigenvalue weighted by Gasteiger charge is 2.28. The predicted molar refractivity (Wildman–Crippen MR) is 81.8 cm³/mol. The van der Waals surface area contributed by atoms with Crippen molar-refractivity contribution in [1.82, 2.24) is 9.88 Å². The highest BCUT2D eigenvalue weighted by Crippen LogP contribution is 2.23. The SMILES string of the molecule is Cc1cccc(N2CCC(C(=O)N(C)C(C)C)CC2)n1. The van der Waals surface area contributed by atoms with E-state index in [1.165, 1.54) is 0 Å². The van der Waals surface area contributed by atoms with E-state index in [0.29, 0.717) is 0 Å². The first-order chi connectivity index (χ1) is 9.49. The normalized spacial score (nSPS) is 16.6. The van der Waals surface area contributed by atoms with Crippen molar-refractivity contribution in [3.63, 3.8) is 0 Å². The lowest BCUT2D eigenvalue weighted by molar-refractivity contribution is -0.136. The number of anilines is 1. The molecule has 1 aromatic rings. The summed E-state index contributed by atoms with van der Waals surface area (Å²) in [5.41, 5.74) is 1.04. The summed E-state index contributed by atoms with van der Waals surface area (Å²) in [6.07, 6.45) is 1.84. The van der Waals surface area contributed by atoms with E-state index >= 15 is 0 Å². The Morgan fingerprint density at radius 1 is 1.35 bits per heavy atom. The summed E-state index contributed by atoms with van der Waals surface area (Å²) in [6.45, 7) is 7.96. The molecule has 0 bridgehead atoms. The summed E-state index contributed by atoms with van der Waals surface area (Å²) in [5.74, 6) is 1.49. The van der Waals surface area contributed by atoms with Gasteiger partial charge in [-0.25, -0.2) is 4.98 Å². The first-order valence-electron chi connectivity index (χ1n) is 7.44. The van der Waals surface area contributed by atoms with Gasteiger partial charge in [0.05, 0.1) is 0 Å². The lowest BCUT2D eigenvalue weighted by atomic mass is 9.95. The van der Waals surface area contributed by atoms with Gasteiger partial charge in [-0.1, -0.05) is 6.07 Å². The molecule has 2 heterocycles. The fourth-order valence-electron chi connectivity index (χ4n) is 2.60. The summed E-state index contributed by atoms with van der Waals surface area (Å²) in [6, 6.07) is 6.38. The molecule has 0 atom stereocenters. The molecule has 0 N–H and O–H groups in total. The van der Waals surface area contributed by atoms with Crippen LogP contribution in [0, 0.1) is 12.8 Å². The number of hydrogen-bond acceptors (Lipinski definition) is 3. The van der Waals surface area contributed by atoms with Crippen molar-refractivity contribution < 1.29 is 4.79 Å². The molecule has 0 spiro atoms. The number of rotatable bonds is 3. The van der Waals surface area contributed by atoms with E-state index in [9.17, 15) is 4.79 Å². The van der Waals surface area contributed by atoms with E-state index < -0.39 is 0 Å². The number of pyridine rings is 1. The van der Waals surface area contributed by atoms with Gasteiger partial charge in [-0.15, -0.1) is 0 Å². The average molecular weight is 275 g/mol. The van der Waals surface area contributed by atoms with Gasteiger partial charge in [-0.05, 0) is 45.7 Å². The van der Waals surface area contributed by atoms with Crippen molar-refractivity contribution in [3.05, 3.63) is 23.9 Å². The highest BCUT2D eigenvalue weighted by molar-refractivity contribution is 5.79. The van der Waals surface area contributed by atoms with Gasteiger partial charge in [0, 0.05) is 37.8 Å². The molecule has 0 aliphatic carbocycles. The maximum atomic E-state index is 12.3. The van der Waals surface area contributed by atoms with Crippen LogP contribution < -0.4 is 4.90 Å². The third kappa shape index (κ3) is 3.30. The predicted octanol–water partition coefficient (Wildman–Crippen LogP) is 2.47. The monoisotopic (exact) mass is 275 g/mol. The highest BCUT2D eigenvalue weighted by atomic mass is 16.2. The van der Waals surface area contributed by atoms with Crippen molar-refractivity contribution in [2.75, 3.05) is 25.0 Å². The second kappa shape index (κ2) is 6.25. The molecule has 4 heteroatoms. The van der Waals surface area contributed by atoms with Gasteiger partial charge in [0.2, 0.25) is 5.91 Å². The van der Waals surface area contributed by atoms with Crippen LogP contribution >= 0.6 is 0 Å². The molecule has 1 aromatic heterocycles. The van der Waals surface area contributed by atoms with E-state index in [1.807, 2.05) is 31.0 Å². The molecule has 0 unspecified atom stereocenters. The fourth-order valence-corrected chi connectivity index (χ4v) is 2.60. The third-order valence-electron chi connectivity index (χ3n) is 4.16. The largest absolute Gasteiger partial charge is 0.357 e. The molecule has 1 aliphatic heterocycles. The van der Waals surface area contributed by atoms with Crippen LogP contribution in [0.25, 0.3) is 0 Å². The number of carbonyl (C=O) groups excluding carboxylic acids is 1. The van der Waals surface area contributed by atoms with E-state index in [2.05, 4.69) is 29.8 Å². The van der Waals surface area contributed by atoms with Gasteiger partial charge in [0.25, 0.3) is 0 Å². The molecule has 110 valence electrons. The molecule has 0 aromatic carbocycles. The lowest BCUT2D eigenvalue weighted by Crippen LogP contribution is -2.43. The van der Waals surface area contributed by atoms with Gasteiger partial charge in [0.1, 0.15) is 5.82 Å². The fraction of sp³-hybridized carbons (Fsp3) is 0.625. The summed E-state index contributed by atoms with van der Waals surface area (Å²) in [7, 11) is 1.90. The first kappa shape index (κ1) is 14.8. The third-order valence-corrected chi connectivity index (χ3v) is 4.16. The molecule has 1 saturated heterocycles. The Labute approximate surface area is 121 Å². The minimum absolute atomic E-state index is 0.170. The van der Waals surface area contributed by atoms with Crippen molar-refractivity contribution in [1.29, 1.82) is 0 Å². The number of piperidine rings is 1. The minimum Gasteiger partial charge on any atom is -0.357 e. The summed E-state index contributed by atoms with van der Waals surface area (Å²) < 4.78 is 0. The summed E-state index contributed by atoms with van der Waals surface area (Å²) >= 11 is 0. The minimum atomic E-state index is 0.170. The molecule has 1 amide bonds. The van der Waals surface area contributed by atoms with E-state index in [-0.39, 0.29) is 17.9 Å². The molecule has 1 aliphatic rings. The van der Waals surface area contributed by atoms with E-state index in [4.69, 9.17) is 0 Å². The van der Waals surface area contributed by atoms with E-state index in [0.717, 1.165) is 37.4 Å². The second-order valence-electron chi connectivity index (χ2n) is 5.94. The molecule has 1 fully saturated rings. The zero-order valence-electron chi connectivity index (χ0n) is 13.0. The number of aryl methyl sites for hydroxylation is 1. The molecular formula is C16H25N3O. The van der Waals surface area contributed by atoms with Crippen molar-refractivity contribution in [2.24, 2.45) is 5.92 Å². The Morgan fingerprint density at radius 2 is 2.00 bits per heavy atom. The number of hydrogen-bond donors (Lipinski definition) is 0. The van der Waals surface area contributed by atoms with Crippen LogP contribution in [0.15, 0.2) is 18.2 Å². The Hall–Kier alpha value is -1.58. The number of amides is 1. The van der Waals surface area contributed by atoms with Crippen LogP contribution in [0.4, 0.5) is 5.82 Å². The van der Waals surface area contributed by atoms with Gasteiger partial charge < -0.3 is 9.80 Å². The zero-order valence-corrected chi connectivity index (χ0v) is 13.0. The summed E-state index contributed by atoms with van der Waals surface area (Å²) in [4.78, 5) is 21.0. The first-order valence-corrected chi connectivity index (χ1v) is 7.44. The topological polar surface area (TPSA) is 36.4 Å². The van der Waals surface area contributed by atoms with Crippen LogP contribution in [0.1, 0.15) is 32.4 Å². The molecule has 4 nitrogen and oxygen atoms in total. The second-order valence-corrected chi connectivity index (χ2v) is 5.94. The van der Waals surface area contributed by atoms with Crippen LogP contribution in [0.5, 0.6) is 0 Å². The number of aromatic nitrogens is 1. The Bertz CT molecular complexity index is 465. The Morgan fingerprint density at radius 3 is 2.55 bits per heavy atom. The lowest BCUT2D eigenvalue weighted by Gasteiger charge is -2.35. The van der Waals surface area contributed by atoms with Crippen molar-refractivity contribution in [2.45, 2.75) is 39.7 Å². The van der Waals surface area contributed by atoms with E-state index in [1.54, 1.807) is 0 Å². The maximum Gasteiger partial charge on any atom is 0.225 e. The Balaban J connectivity index is 1.94. The molecule has 0 saturated carbocycles. The Kier molecular flexibility index (Phi) is 4.63. The quantitative estimate of drug-likeness (QED) is 0.850. The summed E-state index contributed by atoms with van der Waals surface area (Å²) in [5, 5.41) is 0. The molecule has 0 radical (unpaired) electrons. The number of carbonyl (C=O) groups is 1. The molecule has 20 heavy (non-hydrogen) atoms. The van der Waals surface area contributed by atoms with Crippen LogP contribution in [0.3, 0.4) is 0 Å². The smallest absolute Gasteiger partial charge is 0.225 e. The van der Waals surface area contributed by atoms with Gasteiger partial charge in [-0.3, -0.25) is 4.79 Å². The average Bonchev–Trinajstić information content (AvgIpc) is 2.46. The van der Waals surface area contributed by atoms with Crippen LogP contribution in [-0.2, 0) is 4.79 Å². The van der Waals surface area contributed by atoms with Gasteiger partial charge >= 0.3 is 0 Å².